The minimum Gasteiger partial charge on any atom is -0.376 e. The normalized spacial score (nSPS) is 20.2. The third kappa shape index (κ3) is 5.02. The van der Waals surface area contributed by atoms with Crippen molar-refractivity contribution >= 4 is 5.96 Å². The monoisotopic (exact) mass is 307 g/mol. The third-order valence-electron chi connectivity index (χ3n) is 3.95. The van der Waals surface area contributed by atoms with E-state index in [9.17, 15) is 0 Å². The number of hydrogen-bond donors (Lipinski definition) is 2. The van der Waals surface area contributed by atoms with Crippen LogP contribution in [0.15, 0.2) is 11.1 Å². The highest BCUT2D eigenvalue weighted by molar-refractivity contribution is 5.79. The molecule has 2 unspecified atom stereocenters. The van der Waals surface area contributed by atoms with Crippen molar-refractivity contribution in [1.29, 1.82) is 0 Å². The molecule has 2 rings (SSSR count). The van der Waals surface area contributed by atoms with Gasteiger partial charge in [-0.3, -0.25) is 9.67 Å². The quantitative estimate of drug-likeness (QED) is 0.617. The molecule has 0 amide bonds. The molecule has 124 valence electrons. The number of nitrogens with zero attached hydrogens (tertiary/aromatic N) is 3. The summed E-state index contributed by atoms with van der Waals surface area (Å²) in [6.07, 6.45) is 2.63. The molecule has 1 fully saturated rings. The molecule has 1 aliphatic rings. The Morgan fingerprint density at radius 3 is 2.91 bits per heavy atom. The van der Waals surface area contributed by atoms with Gasteiger partial charge < -0.3 is 15.4 Å². The van der Waals surface area contributed by atoms with Crippen molar-refractivity contribution in [2.75, 3.05) is 26.7 Å². The molecule has 1 aliphatic heterocycles. The summed E-state index contributed by atoms with van der Waals surface area (Å²) in [5.74, 6) is 1.31. The lowest BCUT2D eigenvalue weighted by molar-refractivity contribution is 0.114. The van der Waals surface area contributed by atoms with Gasteiger partial charge in [0.15, 0.2) is 5.96 Å². The van der Waals surface area contributed by atoms with E-state index in [1.165, 1.54) is 5.69 Å². The lowest BCUT2D eigenvalue weighted by Gasteiger charge is -2.18. The lowest BCUT2D eigenvalue weighted by Crippen LogP contribution is -2.43. The zero-order valence-corrected chi connectivity index (χ0v) is 14.2. The first-order valence-electron chi connectivity index (χ1n) is 8.15. The van der Waals surface area contributed by atoms with Crippen LogP contribution in [0.1, 0.15) is 31.2 Å². The summed E-state index contributed by atoms with van der Waals surface area (Å²) in [7, 11) is 1.80. The molecule has 1 aromatic rings. The van der Waals surface area contributed by atoms with Crippen molar-refractivity contribution in [3.63, 3.8) is 0 Å². The van der Waals surface area contributed by atoms with E-state index >= 15 is 0 Å². The number of guanidine groups is 1. The van der Waals surface area contributed by atoms with E-state index in [0.29, 0.717) is 12.0 Å². The maximum atomic E-state index is 5.61. The summed E-state index contributed by atoms with van der Waals surface area (Å²) in [6.45, 7) is 9.84. The molecule has 2 N–H and O–H groups in total. The number of nitrogens with one attached hydrogen (secondary N) is 2. The van der Waals surface area contributed by atoms with Crippen molar-refractivity contribution < 1.29 is 4.74 Å². The second-order valence-electron chi connectivity index (χ2n) is 6.18. The Balaban J connectivity index is 1.71. The Labute approximate surface area is 133 Å². The van der Waals surface area contributed by atoms with Crippen molar-refractivity contribution in [3.8, 4) is 0 Å². The topological polar surface area (TPSA) is 63.5 Å². The minimum atomic E-state index is 0.325. The van der Waals surface area contributed by atoms with Crippen LogP contribution in [0.4, 0.5) is 0 Å². The van der Waals surface area contributed by atoms with Gasteiger partial charge in [0, 0.05) is 39.0 Å². The van der Waals surface area contributed by atoms with Gasteiger partial charge in [0.05, 0.1) is 11.8 Å². The average molecular weight is 307 g/mol. The standard InChI is InChI=1S/C16H29N5O/c1-12(11-21-14(3)8-13(2)20-21)9-18-16(17-4)19-10-15-6-5-7-22-15/h8,12,15H,5-7,9-11H2,1-4H3,(H2,17,18,19). The minimum absolute atomic E-state index is 0.325. The summed E-state index contributed by atoms with van der Waals surface area (Å²) in [4.78, 5) is 4.27. The van der Waals surface area contributed by atoms with Gasteiger partial charge in [0.2, 0.25) is 0 Å². The molecular weight excluding hydrogens is 278 g/mol. The van der Waals surface area contributed by atoms with Crippen LogP contribution in [0.5, 0.6) is 0 Å². The van der Waals surface area contributed by atoms with Crippen LogP contribution in [0.2, 0.25) is 0 Å². The van der Waals surface area contributed by atoms with Crippen LogP contribution in [-0.4, -0.2) is 48.6 Å². The molecule has 6 heteroatoms. The number of hydrogen-bond acceptors (Lipinski definition) is 3. The highest BCUT2D eigenvalue weighted by Gasteiger charge is 2.15. The number of aryl methyl sites for hydroxylation is 2. The fourth-order valence-electron chi connectivity index (χ4n) is 2.73. The molecule has 0 spiro atoms. The molecule has 22 heavy (non-hydrogen) atoms. The first kappa shape index (κ1) is 16.8. The van der Waals surface area contributed by atoms with E-state index in [4.69, 9.17) is 4.74 Å². The van der Waals surface area contributed by atoms with Gasteiger partial charge >= 0.3 is 0 Å². The van der Waals surface area contributed by atoms with E-state index in [1.807, 2.05) is 6.92 Å². The van der Waals surface area contributed by atoms with Gasteiger partial charge in [-0.15, -0.1) is 0 Å². The molecule has 2 heterocycles. The fourth-order valence-corrected chi connectivity index (χ4v) is 2.73. The average Bonchev–Trinajstić information content (AvgIpc) is 3.09. The summed E-state index contributed by atoms with van der Waals surface area (Å²) < 4.78 is 7.68. The summed E-state index contributed by atoms with van der Waals surface area (Å²) in [5.41, 5.74) is 2.29. The van der Waals surface area contributed by atoms with Crippen molar-refractivity contribution in [1.82, 2.24) is 20.4 Å². The maximum Gasteiger partial charge on any atom is 0.191 e. The van der Waals surface area contributed by atoms with Crippen molar-refractivity contribution in [2.24, 2.45) is 10.9 Å². The van der Waals surface area contributed by atoms with E-state index in [1.54, 1.807) is 7.05 Å². The predicted molar refractivity (Wildman–Crippen MR) is 89.2 cm³/mol. The second kappa shape index (κ2) is 8.17. The molecule has 0 aliphatic carbocycles. The summed E-state index contributed by atoms with van der Waals surface area (Å²) in [5, 5.41) is 11.2. The molecule has 2 atom stereocenters. The third-order valence-corrected chi connectivity index (χ3v) is 3.95. The zero-order chi connectivity index (χ0) is 15.9. The van der Waals surface area contributed by atoms with Gasteiger partial charge in [-0.1, -0.05) is 6.92 Å². The van der Waals surface area contributed by atoms with Gasteiger partial charge in [0.25, 0.3) is 0 Å². The van der Waals surface area contributed by atoms with Gasteiger partial charge in [-0.2, -0.15) is 5.10 Å². The number of rotatable bonds is 6. The van der Waals surface area contributed by atoms with Gasteiger partial charge in [-0.05, 0) is 38.7 Å². The lowest BCUT2D eigenvalue weighted by atomic mass is 10.2. The largest absolute Gasteiger partial charge is 0.376 e. The van der Waals surface area contributed by atoms with Crippen LogP contribution >= 0.6 is 0 Å². The smallest absolute Gasteiger partial charge is 0.191 e. The Hall–Kier alpha value is -1.56. The molecule has 1 aromatic heterocycles. The molecule has 1 saturated heterocycles. The van der Waals surface area contributed by atoms with Gasteiger partial charge in [0.1, 0.15) is 0 Å². The van der Waals surface area contributed by atoms with E-state index in [2.05, 4.69) is 45.3 Å². The van der Waals surface area contributed by atoms with Crippen molar-refractivity contribution in [3.05, 3.63) is 17.5 Å². The molecule has 0 bridgehead atoms. The molecule has 0 radical (unpaired) electrons. The first-order valence-corrected chi connectivity index (χ1v) is 8.15. The highest BCUT2D eigenvalue weighted by Crippen LogP contribution is 2.10. The number of aromatic nitrogens is 2. The van der Waals surface area contributed by atoms with Crippen LogP contribution in [0.3, 0.4) is 0 Å². The zero-order valence-electron chi connectivity index (χ0n) is 14.2. The summed E-state index contributed by atoms with van der Waals surface area (Å²) >= 11 is 0. The Morgan fingerprint density at radius 1 is 1.50 bits per heavy atom. The Bertz CT molecular complexity index is 491. The van der Waals surface area contributed by atoms with E-state index in [-0.39, 0.29) is 0 Å². The number of ether oxygens (including phenoxy) is 1. The molecule has 6 nitrogen and oxygen atoms in total. The fraction of sp³-hybridized carbons (Fsp3) is 0.750. The van der Waals surface area contributed by atoms with Crippen LogP contribution < -0.4 is 10.6 Å². The SMILES string of the molecule is CN=C(NCC(C)Cn1nc(C)cc1C)NCC1CCCO1. The second-order valence-corrected chi connectivity index (χ2v) is 6.18. The van der Waals surface area contributed by atoms with Crippen LogP contribution in [-0.2, 0) is 11.3 Å². The van der Waals surface area contributed by atoms with E-state index < -0.39 is 0 Å². The highest BCUT2D eigenvalue weighted by atomic mass is 16.5. The molecule has 0 aromatic carbocycles. The molecule has 0 saturated carbocycles. The van der Waals surface area contributed by atoms with Crippen LogP contribution in [0.25, 0.3) is 0 Å². The molecular formula is C16H29N5O. The maximum absolute atomic E-state index is 5.61. The predicted octanol–water partition coefficient (Wildman–Crippen LogP) is 1.48. The first-order chi connectivity index (χ1) is 10.6. The van der Waals surface area contributed by atoms with Crippen LogP contribution in [0, 0.1) is 19.8 Å². The Kier molecular flexibility index (Phi) is 6.24. The number of aliphatic imine (C=N–C) groups is 1. The van der Waals surface area contributed by atoms with Crippen molar-refractivity contribution in [2.45, 2.75) is 46.3 Å². The summed E-state index contributed by atoms with van der Waals surface area (Å²) in [6, 6.07) is 2.11. The van der Waals surface area contributed by atoms with Gasteiger partial charge in [-0.25, -0.2) is 0 Å². The Morgan fingerprint density at radius 2 is 2.32 bits per heavy atom. The van der Waals surface area contributed by atoms with E-state index in [0.717, 1.165) is 50.7 Å².